The maximum atomic E-state index is 14.2. The summed E-state index contributed by atoms with van der Waals surface area (Å²) in [7, 11) is -4.12. The molecule has 1 aromatic heterocycles. The summed E-state index contributed by atoms with van der Waals surface area (Å²) in [6, 6.07) is 15.2. The molecule has 3 aromatic rings. The minimum atomic E-state index is -4.12. The molecule has 0 unspecified atom stereocenters. The second kappa shape index (κ2) is 9.70. The van der Waals surface area contributed by atoms with Gasteiger partial charge >= 0.3 is 0 Å². The number of benzene rings is 2. The molecule has 33 heavy (non-hydrogen) atoms. The SMILES string of the molecule is C[C@H](F)CN(c1cc2c(cc1OCc1ccc(C=O)cc1)CCC2)S(=O)(=O)c1ccccn1. The van der Waals surface area contributed by atoms with Crippen LogP contribution in [0, 0.1) is 0 Å². The van der Waals surface area contributed by atoms with Crippen molar-refractivity contribution in [2.75, 3.05) is 10.8 Å². The van der Waals surface area contributed by atoms with E-state index in [-0.39, 0.29) is 18.2 Å². The predicted octanol–water partition coefficient (Wildman–Crippen LogP) is 4.52. The molecule has 0 N–H and O–H groups in total. The van der Waals surface area contributed by atoms with Gasteiger partial charge in [0.25, 0.3) is 10.0 Å². The second-order valence-corrected chi connectivity index (χ2v) is 9.88. The summed E-state index contributed by atoms with van der Waals surface area (Å²) in [5.41, 5.74) is 3.83. The first-order valence-corrected chi connectivity index (χ1v) is 12.2. The molecular formula is C25H25FN2O4S. The molecule has 0 fully saturated rings. The number of fused-ring (bicyclic) bond motifs is 1. The summed E-state index contributed by atoms with van der Waals surface area (Å²) in [6.45, 7) is 1.14. The van der Waals surface area contributed by atoms with E-state index < -0.39 is 16.2 Å². The van der Waals surface area contributed by atoms with Crippen molar-refractivity contribution in [3.05, 3.63) is 83.0 Å². The van der Waals surface area contributed by atoms with Crippen molar-refractivity contribution in [1.82, 2.24) is 4.98 Å². The normalized spacial score (nSPS) is 13.9. The van der Waals surface area contributed by atoms with Crippen molar-refractivity contribution in [2.45, 2.75) is 44.0 Å². The van der Waals surface area contributed by atoms with Crippen LogP contribution in [0.5, 0.6) is 5.75 Å². The highest BCUT2D eigenvalue weighted by atomic mass is 32.2. The molecule has 1 heterocycles. The lowest BCUT2D eigenvalue weighted by atomic mass is 10.1. The van der Waals surface area contributed by atoms with Crippen LogP contribution in [0.15, 0.2) is 65.8 Å². The number of carbonyl (C=O) groups excluding carboxylic acids is 1. The maximum Gasteiger partial charge on any atom is 0.282 e. The number of pyridine rings is 1. The molecule has 0 aliphatic heterocycles. The van der Waals surface area contributed by atoms with Crippen LogP contribution in [-0.4, -0.2) is 32.4 Å². The lowest BCUT2D eigenvalue weighted by Crippen LogP contribution is -2.36. The molecule has 4 rings (SSSR count). The lowest BCUT2D eigenvalue weighted by Gasteiger charge is -2.27. The summed E-state index contributed by atoms with van der Waals surface area (Å²) in [5.74, 6) is 0.371. The number of nitrogens with zero attached hydrogens (tertiary/aromatic N) is 2. The Labute approximate surface area is 193 Å². The Kier molecular flexibility index (Phi) is 6.74. The average Bonchev–Trinajstić information content (AvgIpc) is 3.29. The number of hydrogen-bond donors (Lipinski definition) is 0. The Morgan fingerprint density at radius 2 is 1.85 bits per heavy atom. The fourth-order valence-electron chi connectivity index (χ4n) is 3.92. The van der Waals surface area contributed by atoms with Gasteiger partial charge in [0.2, 0.25) is 0 Å². The monoisotopic (exact) mass is 468 g/mol. The van der Waals surface area contributed by atoms with Gasteiger partial charge in [-0.15, -0.1) is 0 Å². The largest absolute Gasteiger partial charge is 0.487 e. The zero-order valence-electron chi connectivity index (χ0n) is 18.3. The number of alkyl halides is 1. The Balaban J connectivity index is 1.75. The molecule has 8 heteroatoms. The molecule has 0 radical (unpaired) electrons. The van der Waals surface area contributed by atoms with E-state index in [4.69, 9.17) is 4.74 Å². The molecule has 1 aliphatic carbocycles. The first-order chi connectivity index (χ1) is 15.9. The van der Waals surface area contributed by atoms with Crippen molar-refractivity contribution in [1.29, 1.82) is 0 Å². The third kappa shape index (κ3) is 5.06. The molecule has 0 spiro atoms. The van der Waals surface area contributed by atoms with Crippen molar-refractivity contribution in [3.8, 4) is 5.75 Å². The van der Waals surface area contributed by atoms with Gasteiger partial charge in [-0.1, -0.05) is 30.3 Å². The van der Waals surface area contributed by atoms with Crippen LogP contribution in [0.3, 0.4) is 0 Å². The van der Waals surface area contributed by atoms with Gasteiger partial charge in [0, 0.05) is 11.8 Å². The third-order valence-electron chi connectivity index (χ3n) is 5.56. The number of aromatic nitrogens is 1. The third-order valence-corrected chi connectivity index (χ3v) is 7.26. The molecular weight excluding hydrogens is 443 g/mol. The highest BCUT2D eigenvalue weighted by molar-refractivity contribution is 7.92. The summed E-state index contributed by atoms with van der Waals surface area (Å²) in [5, 5.41) is -0.151. The molecule has 0 saturated carbocycles. The van der Waals surface area contributed by atoms with Crippen LogP contribution < -0.4 is 9.04 Å². The highest BCUT2D eigenvalue weighted by Gasteiger charge is 2.31. The number of anilines is 1. The molecule has 2 aromatic carbocycles. The first-order valence-electron chi connectivity index (χ1n) is 10.8. The fourth-order valence-corrected chi connectivity index (χ4v) is 5.39. The van der Waals surface area contributed by atoms with Crippen LogP contribution in [0.2, 0.25) is 0 Å². The van der Waals surface area contributed by atoms with Gasteiger partial charge in [0.1, 0.15) is 24.8 Å². The Bertz CT molecular complexity index is 1230. The fraction of sp³-hybridized carbons (Fsp3) is 0.280. The number of aldehydes is 1. The molecule has 0 amide bonds. The first kappa shape index (κ1) is 22.9. The molecule has 6 nitrogen and oxygen atoms in total. The molecule has 1 atom stereocenters. The molecule has 1 aliphatic rings. The zero-order valence-corrected chi connectivity index (χ0v) is 19.1. The molecule has 172 valence electrons. The summed E-state index contributed by atoms with van der Waals surface area (Å²) >= 11 is 0. The molecule has 0 bridgehead atoms. The lowest BCUT2D eigenvalue weighted by molar-refractivity contribution is 0.112. The van der Waals surface area contributed by atoms with E-state index in [2.05, 4.69) is 4.98 Å². The Hall–Kier alpha value is -3.26. The summed E-state index contributed by atoms with van der Waals surface area (Å²) < 4.78 is 48.3. The minimum absolute atomic E-state index is 0.151. The van der Waals surface area contributed by atoms with Crippen LogP contribution in [0.1, 0.15) is 40.4 Å². The van der Waals surface area contributed by atoms with Gasteiger partial charge in [-0.3, -0.25) is 9.10 Å². The average molecular weight is 469 g/mol. The van der Waals surface area contributed by atoms with Gasteiger partial charge in [-0.05, 0) is 67.1 Å². The van der Waals surface area contributed by atoms with Crippen LogP contribution in [-0.2, 0) is 29.5 Å². The van der Waals surface area contributed by atoms with Crippen LogP contribution >= 0.6 is 0 Å². The van der Waals surface area contributed by atoms with Crippen LogP contribution in [0.25, 0.3) is 0 Å². The van der Waals surface area contributed by atoms with Crippen LogP contribution in [0.4, 0.5) is 10.1 Å². The van der Waals surface area contributed by atoms with E-state index in [1.54, 1.807) is 42.5 Å². The number of carbonyl (C=O) groups is 1. The maximum absolute atomic E-state index is 14.2. The topological polar surface area (TPSA) is 76.6 Å². The van der Waals surface area contributed by atoms with E-state index in [1.807, 2.05) is 6.07 Å². The number of aryl methyl sites for hydroxylation is 2. The van der Waals surface area contributed by atoms with Gasteiger partial charge in [0.05, 0.1) is 12.2 Å². The predicted molar refractivity (Wildman–Crippen MR) is 124 cm³/mol. The van der Waals surface area contributed by atoms with Gasteiger partial charge in [-0.25, -0.2) is 9.37 Å². The number of hydrogen-bond acceptors (Lipinski definition) is 5. The highest BCUT2D eigenvalue weighted by Crippen LogP contribution is 2.38. The zero-order chi connectivity index (χ0) is 23.4. The van der Waals surface area contributed by atoms with Gasteiger partial charge in [-0.2, -0.15) is 8.42 Å². The number of ether oxygens (including phenoxy) is 1. The van der Waals surface area contributed by atoms with Gasteiger partial charge < -0.3 is 4.74 Å². The van der Waals surface area contributed by atoms with E-state index in [0.29, 0.717) is 17.0 Å². The van der Waals surface area contributed by atoms with Crippen molar-refractivity contribution in [2.24, 2.45) is 0 Å². The number of halogens is 1. The van der Waals surface area contributed by atoms with E-state index in [0.717, 1.165) is 46.5 Å². The van der Waals surface area contributed by atoms with E-state index >= 15 is 0 Å². The summed E-state index contributed by atoms with van der Waals surface area (Å²) in [6.07, 6.45) is 3.44. The Morgan fingerprint density at radius 3 is 2.48 bits per heavy atom. The van der Waals surface area contributed by atoms with Crippen molar-refractivity contribution < 1.29 is 22.3 Å². The van der Waals surface area contributed by atoms with Gasteiger partial charge in [0.15, 0.2) is 5.03 Å². The Morgan fingerprint density at radius 1 is 1.12 bits per heavy atom. The number of sulfonamides is 1. The smallest absolute Gasteiger partial charge is 0.282 e. The van der Waals surface area contributed by atoms with Crippen molar-refractivity contribution in [3.63, 3.8) is 0 Å². The standard InChI is InChI=1S/C25H25FN2O4S/c1-18(26)15-28(33(30,31)25-7-2-3-12-27-25)23-13-21-5-4-6-22(21)14-24(23)32-17-20-10-8-19(16-29)9-11-20/h2-3,7-14,16,18H,4-6,15,17H2,1H3/t18-/m0/s1. The minimum Gasteiger partial charge on any atom is -0.487 e. The second-order valence-electron chi connectivity index (χ2n) is 8.08. The van der Waals surface area contributed by atoms with E-state index in [9.17, 15) is 17.6 Å². The summed E-state index contributed by atoms with van der Waals surface area (Å²) in [4.78, 5) is 14.9. The molecule has 0 saturated heterocycles. The number of rotatable bonds is 9. The van der Waals surface area contributed by atoms with Crippen molar-refractivity contribution >= 4 is 22.0 Å². The quantitative estimate of drug-likeness (QED) is 0.432. The van der Waals surface area contributed by atoms with E-state index in [1.165, 1.54) is 19.2 Å².